The van der Waals surface area contributed by atoms with Crippen LogP contribution in [0.2, 0.25) is 10.0 Å². The molecule has 0 fully saturated rings. The average Bonchev–Trinajstić information content (AvgIpc) is 2.55. The van der Waals surface area contributed by atoms with Gasteiger partial charge in [-0.15, -0.1) is 0 Å². The van der Waals surface area contributed by atoms with Gasteiger partial charge in [0.25, 0.3) is 0 Å². The lowest BCUT2D eigenvalue weighted by Gasteiger charge is -2.31. The first-order valence-electron chi connectivity index (χ1n) is 8.46. The maximum atomic E-state index is 12.6. The maximum absolute atomic E-state index is 12.6. The number of benzene rings is 1. The molecular weight excluding hydrogens is 347 g/mol. The highest BCUT2D eigenvalue weighted by atomic mass is 35.5. The summed E-state index contributed by atoms with van der Waals surface area (Å²) < 4.78 is 0. The monoisotopic (exact) mass is 372 g/mol. The second-order valence-electron chi connectivity index (χ2n) is 5.69. The number of carbonyl (C=O) groups is 2. The Kier molecular flexibility index (Phi) is 9.16. The van der Waals surface area contributed by atoms with Crippen LogP contribution in [-0.4, -0.2) is 29.3 Å². The molecule has 0 spiro atoms. The number of nitrogens with one attached hydrogen (secondary N) is 1. The van der Waals surface area contributed by atoms with Crippen molar-refractivity contribution in [1.82, 2.24) is 10.2 Å². The summed E-state index contributed by atoms with van der Waals surface area (Å²) in [5, 5.41) is 3.88. The van der Waals surface area contributed by atoms with Crippen LogP contribution in [0.15, 0.2) is 18.2 Å². The van der Waals surface area contributed by atoms with Crippen LogP contribution in [-0.2, 0) is 16.1 Å². The van der Waals surface area contributed by atoms with E-state index in [2.05, 4.69) is 5.32 Å². The van der Waals surface area contributed by atoms with E-state index in [0.29, 0.717) is 35.0 Å². The summed E-state index contributed by atoms with van der Waals surface area (Å²) in [6, 6.07) is 4.72. The van der Waals surface area contributed by atoms with Gasteiger partial charge in [0.15, 0.2) is 0 Å². The first-order valence-corrected chi connectivity index (χ1v) is 9.21. The van der Waals surface area contributed by atoms with Crippen LogP contribution < -0.4 is 5.32 Å². The fourth-order valence-corrected chi connectivity index (χ4v) is 3.01. The van der Waals surface area contributed by atoms with Crippen molar-refractivity contribution in [3.05, 3.63) is 33.8 Å². The first-order chi connectivity index (χ1) is 11.5. The van der Waals surface area contributed by atoms with Crippen molar-refractivity contribution in [1.29, 1.82) is 0 Å². The standard InChI is InChI=1S/C18H26Cl2N2O2/c1-4-8-17(23)22(16(6-3)18(24)21-11-5-2)12-13-14(19)9-7-10-15(13)20/h7,9-10,16H,4-6,8,11-12H2,1-3H3,(H,21,24). The molecule has 0 aliphatic rings. The van der Waals surface area contributed by atoms with E-state index in [1.807, 2.05) is 20.8 Å². The smallest absolute Gasteiger partial charge is 0.242 e. The molecule has 4 nitrogen and oxygen atoms in total. The molecule has 6 heteroatoms. The van der Waals surface area contributed by atoms with Crippen LogP contribution in [0.4, 0.5) is 0 Å². The molecule has 24 heavy (non-hydrogen) atoms. The van der Waals surface area contributed by atoms with Gasteiger partial charge < -0.3 is 10.2 Å². The summed E-state index contributed by atoms with van der Waals surface area (Å²) in [5.74, 6) is -0.195. The van der Waals surface area contributed by atoms with Crippen molar-refractivity contribution in [2.45, 2.75) is 59.0 Å². The number of amides is 2. The largest absolute Gasteiger partial charge is 0.354 e. The van der Waals surface area contributed by atoms with Crippen molar-refractivity contribution in [2.24, 2.45) is 0 Å². The Morgan fingerprint density at radius 3 is 2.25 bits per heavy atom. The summed E-state index contributed by atoms with van der Waals surface area (Å²) >= 11 is 12.5. The SMILES string of the molecule is CCCNC(=O)C(CC)N(Cc1c(Cl)cccc1Cl)C(=O)CCC. The second kappa shape index (κ2) is 10.6. The van der Waals surface area contributed by atoms with Gasteiger partial charge in [-0.1, -0.05) is 50.0 Å². The van der Waals surface area contributed by atoms with Gasteiger partial charge in [-0.2, -0.15) is 0 Å². The molecule has 1 aromatic rings. The topological polar surface area (TPSA) is 49.4 Å². The van der Waals surface area contributed by atoms with Gasteiger partial charge in [0.1, 0.15) is 6.04 Å². The molecule has 0 aliphatic heterocycles. The van der Waals surface area contributed by atoms with Crippen LogP contribution >= 0.6 is 23.2 Å². The predicted octanol–water partition coefficient (Wildman–Crippen LogP) is 4.43. The number of hydrogen-bond acceptors (Lipinski definition) is 2. The van der Waals surface area contributed by atoms with Crippen LogP contribution in [0.3, 0.4) is 0 Å². The highest BCUT2D eigenvalue weighted by Gasteiger charge is 2.28. The van der Waals surface area contributed by atoms with Gasteiger partial charge >= 0.3 is 0 Å². The Hall–Kier alpha value is -1.26. The van der Waals surface area contributed by atoms with Crippen molar-refractivity contribution in [3.8, 4) is 0 Å². The van der Waals surface area contributed by atoms with Crippen LogP contribution in [0.5, 0.6) is 0 Å². The Balaban J connectivity index is 3.10. The van der Waals surface area contributed by atoms with E-state index < -0.39 is 6.04 Å². The average molecular weight is 373 g/mol. The summed E-state index contributed by atoms with van der Waals surface area (Å²) in [4.78, 5) is 26.7. The number of nitrogens with zero attached hydrogens (tertiary/aromatic N) is 1. The number of carbonyl (C=O) groups excluding carboxylic acids is 2. The summed E-state index contributed by atoms with van der Waals surface area (Å²) in [5.41, 5.74) is 0.673. The van der Waals surface area contributed by atoms with Crippen LogP contribution in [0.25, 0.3) is 0 Å². The van der Waals surface area contributed by atoms with Gasteiger partial charge in [0.05, 0.1) is 0 Å². The van der Waals surface area contributed by atoms with E-state index in [1.165, 1.54) is 0 Å². The predicted molar refractivity (Wildman–Crippen MR) is 99.3 cm³/mol. The molecule has 0 saturated heterocycles. The molecule has 0 saturated carbocycles. The number of rotatable bonds is 9. The molecule has 1 rings (SSSR count). The number of halogens is 2. The van der Waals surface area contributed by atoms with Crippen molar-refractivity contribution in [3.63, 3.8) is 0 Å². The fourth-order valence-electron chi connectivity index (χ4n) is 2.50. The van der Waals surface area contributed by atoms with Crippen LogP contribution in [0.1, 0.15) is 52.0 Å². The van der Waals surface area contributed by atoms with E-state index in [-0.39, 0.29) is 18.4 Å². The third-order valence-electron chi connectivity index (χ3n) is 3.79. The lowest BCUT2D eigenvalue weighted by Crippen LogP contribution is -2.49. The zero-order chi connectivity index (χ0) is 18.1. The zero-order valence-corrected chi connectivity index (χ0v) is 16.1. The van der Waals surface area contributed by atoms with Gasteiger partial charge in [-0.3, -0.25) is 9.59 Å². The highest BCUT2D eigenvalue weighted by molar-refractivity contribution is 6.36. The van der Waals surface area contributed by atoms with Crippen molar-refractivity contribution < 1.29 is 9.59 Å². The molecule has 1 atom stereocenters. The molecule has 0 aliphatic carbocycles. The van der Waals surface area contributed by atoms with Crippen molar-refractivity contribution >= 4 is 35.0 Å². The summed E-state index contributed by atoms with van der Waals surface area (Å²) in [7, 11) is 0. The van der Waals surface area contributed by atoms with E-state index in [4.69, 9.17) is 23.2 Å². The van der Waals surface area contributed by atoms with Gasteiger partial charge in [-0.25, -0.2) is 0 Å². The molecule has 134 valence electrons. The summed E-state index contributed by atoms with van der Waals surface area (Å²) in [6.07, 6.45) is 2.49. The molecule has 1 N–H and O–H groups in total. The van der Waals surface area contributed by atoms with Gasteiger partial charge in [-0.05, 0) is 31.4 Å². The Bertz CT molecular complexity index is 544. The zero-order valence-electron chi connectivity index (χ0n) is 14.6. The van der Waals surface area contributed by atoms with Gasteiger partial charge in [0, 0.05) is 35.1 Å². The molecule has 1 unspecified atom stereocenters. The van der Waals surface area contributed by atoms with Gasteiger partial charge in [0.2, 0.25) is 11.8 Å². The minimum absolute atomic E-state index is 0.0630. The molecule has 2 amide bonds. The summed E-state index contributed by atoms with van der Waals surface area (Å²) in [6.45, 7) is 6.66. The molecule has 0 aromatic heterocycles. The van der Waals surface area contributed by atoms with Crippen LogP contribution in [0, 0.1) is 0 Å². The van der Waals surface area contributed by atoms with E-state index in [0.717, 1.165) is 12.8 Å². The lowest BCUT2D eigenvalue weighted by atomic mass is 10.1. The highest BCUT2D eigenvalue weighted by Crippen LogP contribution is 2.27. The normalized spacial score (nSPS) is 11.9. The Labute approximate surface area is 154 Å². The molecule has 0 radical (unpaired) electrons. The third kappa shape index (κ3) is 5.67. The quantitative estimate of drug-likeness (QED) is 0.696. The van der Waals surface area contributed by atoms with E-state index in [1.54, 1.807) is 23.1 Å². The maximum Gasteiger partial charge on any atom is 0.242 e. The second-order valence-corrected chi connectivity index (χ2v) is 6.50. The molecule has 1 aromatic carbocycles. The lowest BCUT2D eigenvalue weighted by molar-refractivity contribution is -0.141. The van der Waals surface area contributed by atoms with E-state index in [9.17, 15) is 9.59 Å². The number of hydrogen-bond donors (Lipinski definition) is 1. The minimum Gasteiger partial charge on any atom is -0.354 e. The third-order valence-corrected chi connectivity index (χ3v) is 4.50. The van der Waals surface area contributed by atoms with Crippen molar-refractivity contribution in [2.75, 3.05) is 6.54 Å². The Morgan fingerprint density at radius 1 is 1.12 bits per heavy atom. The Morgan fingerprint density at radius 2 is 1.75 bits per heavy atom. The molecule has 0 heterocycles. The molecular formula is C18H26Cl2N2O2. The fraction of sp³-hybridized carbons (Fsp3) is 0.556. The first kappa shape index (κ1) is 20.8. The molecule has 0 bridgehead atoms. The minimum atomic E-state index is -0.525. The van der Waals surface area contributed by atoms with E-state index >= 15 is 0 Å².